The maximum absolute atomic E-state index is 12.1. The minimum Gasteiger partial charge on any atom is -0.399 e. The van der Waals surface area contributed by atoms with Gasteiger partial charge in [-0.25, -0.2) is 0 Å². The van der Waals surface area contributed by atoms with Crippen LogP contribution < -0.4 is 16.0 Å². The van der Waals surface area contributed by atoms with Crippen molar-refractivity contribution in [3.8, 4) is 0 Å². The topological polar surface area (TPSA) is 58.4 Å². The molecular formula is C15H25N3O. The minimum absolute atomic E-state index is 0.0673. The van der Waals surface area contributed by atoms with Crippen LogP contribution in [0.3, 0.4) is 0 Å². The predicted octanol–water partition coefficient (Wildman–Crippen LogP) is 2.40. The van der Waals surface area contributed by atoms with Gasteiger partial charge in [-0.15, -0.1) is 0 Å². The Morgan fingerprint density at radius 1 is 1.42 bits per heavy atom. The third kappa shape index (κ3) is 4.47. The molecule has 0 heterocycles. The number of nitrogens with one attached hydrogen (secondary N) is 1. The van der Waals surface area contributed by atoms with Gasteiger partial charge in [-0.1, -0.05) is 19.4 Å². The first-order valence-corrected chi connectivity index (χ1v) is 7.00. The fraction of sp³-hybridized carbons (Fsp3) is 0.533. The largest absolute Gasteiger partial charge is 0.399 e. The highest BCUT2D eigenvalue weighted by Crippen LogP contribution is 2.19. The van der Waals surface area contributed by atoms with Crippen molar-refractivity contribution in [2.45, 2.75) is 39.7 Å². The summed E-state index contributed by atoms with van der Waals surface area (Å²) >= 11 is 0. The SMILES string of the molecule is CCCCNC(=O)C(C)N(CC)c1cccc(N)c1. The second kappa shape index (κ2) is 7.67. The predicted molar refractivity (Wildman–Crippen MR) is 81.3 cm³/mol. The zero-order valence-electron chi connectivity index (χ0n) is 12.1. The molecule has 19 heavy (non-hydrogen) atoms. The Bertz CT molecular complexity index is 406. The van der Waals surface area contributed by atoms with Gasteiger partial charge in [0.25, 0.3) is 0 Å². The summed E-state index contributed by atoms with van der Waals surface area (Å²) in [6.07, 6.45) is 2.10. The Morgan fingerprint density at radius 2 is 2.16 bits per heavy atom. The van der Waals surface area contributed by atoms with E-state index < -0.39 is 0 Å². The lowest BCUT2D eigenvalue weighted by Crippen LogP contribution is -2.45. The van der Waals surface area contributed by atoms with Gasteiger partial charge in [0.15, 0.2) is 0 Å². The van der Waals surface area contributed by atoms with E-state index in [0.29, 0.717) is 0 Å². The zero-order chi connectivity index (χ0) is 14.3. The smallest absolute Gasteiger partial charge is 0.242 e. The number of carbonyl (C=O) groups is 1. The Kier molecular flexibility index (Phi) is 6.19. The van der Waals surface area contributed by atoms with Gasteiger partial charge in [0.1, 0.15) is 6.04 Å². The van der Waals surface area contributed by atoms with Crippen molar-refractivity contribution in [3.63, 3.8) is 0 Å². The van der Waals surface area contributed by atoms with Gasteiger partial charge in [-0.3, -0.25) is 4.79 Å². The minimum atomic E-state index is -0.191. The van der Waals surface area contributed by atoms with Crippen LogP contribution in [-0.2, 0) is 4.79 Å². The second-order valence-corrected chi connectivity index (χ2v) is 4.70. The lowest BCUT2D eigenvalue weighted by Gasteiger charge is -2.29. The van der Waals surface area contributed by atoms with E-state index >= 15 is 0 Å². The quantitative estimate of drug-likeness (QED) is 0.586. The van der Waals surface area contributed by atoms with E-state index in [-0.39, 0.29) is 11.9 Å². The van der Waals surface area contributed by atoms with Gasteiger partial charge in [-0.05, 0) is 38.5 Å². The van der Waals surface area contributed by atoms with Crippen molar-refractivity contribution < 1.29 is 4.79 Å². The van der Waals surface area contributed by atoms with Crippen LogP contribution >= 0.6 is 0 Å². The normalized spacial score (nSPS) is 11.9. The maximum atomic E-state index is 12.1. The first-order chi connectivity index (χ1) is 9.10. The average molecular weight is 263 g/mol. The Hall–Kier alpha value is -1.71. The van der Waals surface area contributed by atoms with Crippen LogP contribution in [0.1, 0.15) is 33.6 Å². The molecule has 4 nitrogen and oxygen atoms in total. The molecule has 0 radical (unpaired) electrons. The summed E-state index contributed by atoms with van der Waals surface area (Å²) in [5, 5.41) is 2.97. The van der Waals surface area contributed by atoms with Crippen molar-refractivity contribution in [3.05, 3.63) is 24.3 Å². The number of carbonyl (C=O) groups excluding carboxylic acids is 1. The molecule has 0 aromatic heterocycles. The number of anilines is 2. The van der Waals surface area contributed by atoms with Crippen LogP contribution in [-0.4, -0.2) is 25.0 Å². The molecular weight excluding hydrogens is 238 g/mol. The molecule has 1 atom stereocenters. The number of unbranched alkanes of at least 4 members (excludes halogenated alkanes) is 1. The summed E-state index contributed by atoms with van der Waals surface area (Å²) in [6.45, 7) is 7.59. The van der Waals surface area contributed by atoms with E-state index in [0.717, 1.165) is 37.3 Å². The van der Waals surface area contributed by atoms with Crippen LogP contribution in [0.15, 0.2) is 24.3 Å². The zero-order valence-corrected chi connectivity index (χ0v) is 12.1. The van der Waals surface area contributed by atoms with Crippen molar-refractivity contribution in [1.29, 1.82) is 0 Å². The number of rotatable bonds is 7. The fourth-order valence-corrected chi connectivity index (χ4v) is 2.06. The lowest BCUT2D eigenvalue weighted by molar-refractivity contribution is -0.122. The molecule has 1 unspecified atom stereocenters. The number of hydrogen-bond acceptors (Lipinski definition) is 3. The van der Waals surface area contributed by atoms with Crippen LogP contribution in [0.25, 0.3) is 0 Å². The van der Waals surface area contributed by atoms with Gasteiger partial charge in [0, 0.05) is 24.5 Å². The highest BCUT2D eigenvalue weighted by atomic mass is 16.2. The fourth-order valence-electron chi connectivity index (χ4n) is 2.06. The summed E-state index contributed by atoms with van der Waals surface area (Å²) < 4.78 is 0. The van der Waals surface area contributed by atoms with Gasteiger partial charge in [-0.2, -0.15) is 0 Å². The molecule has 1 amide bonds. The highest BCUT2D eigenvalue weighted by molar-refractivity contribution is 5.85. The van der Waals surface area contributed by atoms with E-state index in [9.17, 15) is 4.79 Å². The monoisotopic (exact) mass is 263 g/mol. The van der Waals surface area contributed by atoms with Crippen LogP contribution in [0.5, 0.6) is 0 Å². The molecule has 0 aliphatic rings. The van der Waals surface area contributed by atoms with Gasteiger partial charge >= 0.3 is 0 Å². The Labute approximate surface area is 116 Å². The number of nitrogens with zero attached hydrogens (tertiary/aromatic N) is 1. The molecule has 1 aromatic rings. The van der Waals surface area contributed by atoms with E-state index in [1.54, 1.807) is 0 Å². The van der Waals surface area contributed by atoms with Crippen molar-refractivity contribution in [2.75, 3.05) is 23.7 Å². The summed E-state index contributed by atoms with van der Waals surface area (Å²) in [4.78, 5) is 14.1. The molecule has 106 valence electrons. The van der Waals surface area contributed by atoms with E-state index in [4.69, 9.17) is 5.73 Å². The van der Waals surface area contributed by atoms with Crippen molar-refractivity contribution in [2.24, 2.45) is 0 Å². The third-order valence-corrected chi connectivity index (χ3v) is 3.22. The van der Waals surface area contributed by atoms with E-state index in [1.165, 1.54) is 0 Å². The molecule has 4 heteroatoms. The first-order valence-electron chi connectivity index (χ1n) is 7.00. The summed E-state index contributed by atoms with van der Waals surface area (Å²) in [5.41, 5.74) is 7.50. The van der Waals surface area contributed by atoms with E-state index in [1.807, 2.05) is 38.1 Å². The first kappa shape index (κ1) is 15.3. The van der Waals surface area contributed by atoms with Crippen molar-refractivity contribution in [1.82, 2.24) is 5.32 Å². The molecule has 0 saturated carbocycles. The standard InChI is InChI=1S/C15H25N3O/c1-4-6-10-17-15(19)12(3)18(5-2)14-9-7-8-13(16)11-14/h7-9,11-12H,4-6,10,16H2,1-3H3,(H,17,19). The number of likely N-dealkylation sites (N-methyl/N-ethyl adjacent to an activating group) is 1. The van der Waals surface area contributed by atoms with E-state index in [2.05, 4.69) is 17.1 Å². The summed E-state index contributed by atoms with van der Waals surface area (Å²) in [6, 6.07) is 7.46. The van der Waals surface area contributed by atoms with Crippen LogP contribution in [0.2, 0.25) is 0 Å². The maximum Gasteiger partial charge on any atom is 0.242 e. The number of nitrogens with two attached hydrogens (primary N) is 1. The molecule has 0 bridgehead atoms. The second-order valence-electron chi connectivity index (χ2n) is 4.70. The molecule has 3 N–H and O–H groups in total. The Balaban J connectivity index is 2.71. The summed E-state index contributed by atoms with van der Waals surface area (Å²) in [5.74, 6) is 0.0673. The number of nitrogen functional groups attached to an aromatic ring is 1. The molecule has 0 saturated heterocycles. The number of hydrogen-bond donors (Lipinski definition) is 2. The third-order valence-electron chi connectivity index (χ3n) is 3.22. The molecule has 0 aliphatic carbocycles. The van der Waals surface area contributed by atoms with Gasteiger partial charge in [0.05, 0.1) is 0 Å². The lowest BCUT2D eigenvalue weighted by atomic mass is 10.2. The highest BCUT2D eigenvalue weighted by Gasteiger charge is 2.19. The molecule has 0 spiro atoms. The van der Waals surface area contributed by atoms with Gasteiger partial charge in [0.2, 0.25) is 5.91 Å². The van der Waals surface area contributed by atoms with Crippen LogP contribution in [0, 0.1) is 0 Å². The Morgan fingerprint density at radius 3 is 2.74 bits per heavy atom. The average Bonchev–Trinajstić information content (AvgIpc) is 2.39. The molecule has 1 aromatic carbocycles. The van der Waals surface area contributed by atoms with Gasteiger partial charge < -0.3 is 16.0 Å². The molecule has 0 fully saturated rings. The molecule has 1 rings (SSSR count). The van der Waals surface area contributed by atoms with Crippen LogP contribution in [0.4, 0.5) is 11.4 Å². The summed E-state index contributed by atoms with van der Waals surface area (Å²) in [7, 11) is 0. The number of amides is 1. The van der Waals surface area contributed by atoms with Crippen molar-refractivity contribution >= 4 is 17.3 Å². The number of benzene rings is 1. The molecule has 0 aliphatic heterocycles.